The molecule has 76 valence electrons. The second kappa shape index (κ2) is 4.12. The normalized spacial score (nSPS) is 29.5. The van der Waals surface area contributed by atoms with Crippen LogP contribution in [0.5, 0.6) is 0 Å². The van der Waals surface area contributed by atoms with Crippen molar-refractivity contribution in [3.63, 3.8) is 0 Å². The van der Waals surface area contributed by atoms with Crippen LogP contribution < -0.4 is 0 Å². The molecule has 0 bridgehead atoms. The summed E-state index contributed by atoms with van der Waals surface area (Å²) in [6, 6.07) is 0. The standard InChI is InChI=1S/C11H22N2/c1-8(2)11(12)13-6-9(3)5-10(4)7-13/h8-10,12H,5-7H2,1-4H3. The van der Waals surface area contributed by atoms with E-state index in [9.17, 15) is 0 Å². The minimum atomic E-state index is 0.373. The summed E-state index contributed by atoms with van der Waals surface area (Å²) in [7, 11) is 0. The zero-order valence-electron chi connectivity index (χ0n) is 9.30. The smallest absolute Gasteiger partial charge is 0.0984 e. The van der Waals surface area contributed by atoms with E-state index in [1.807, 2.05) is 0 Å². The van der Waals surface area contributed by atoms with Crippen LogP contribution in [-0.2, 0) is 0 Å². The summed E-state index contributed by atoms with van der Waals surface area (Å²) in [6.07, 6.45) is 1.32. The summed E-state index contributed by atoms with van der Waals surface area (Å²) in [4.78, 5) is 2.25. The number of amidine groups is 1. The molecule has 0 spiro atoms. The number of nitrogens with zero attached hydrogens (tertiary/aromatic N) is 1. The van der Waals surface area contributed by atoms with E-state index in [4.69, 9.17) is 5.41 Å². The lowest BCUT2D eigenvalue weighted by Gasteiger charge is -2.37. The van der Waals surface area contributed by atoms with Crippen LogP contribution in [0, 0.1) is 23.2 Å². The Morgan fingerprint density at radius 2 is 1.69 bits per heavy atom. The predicted molar refractivity (Wildman–Crippen MR) is 57.1 cm³/mol. The van der Waals surface area contributed by atoms with Crippen molar-refractivity contribution >= 4 is 5.84 Å². The number of likely N-dealkylation sites (tertiary alicyclic amines) is 1. The van der Waals surface area contributed by atoms with Gasteiger partial charge in [-0.1, -0.05) is 27.7 Å². The van der Waals surface area contributed by atoms with Crippen molar-refractivity contribution in [3.8, 4) is 0 Å². The molecule has 1 saturated heterocycles. The summed E-state index contributed by atoms with van der Waals surface area (Å²) in [6.45, 7) is 11.0. The van der Waals surface area contributed by atoms with E-state index in [-0.39, 0.29) is 0 Å². The van der Waals surface area contributed by atoms with Crippen LogP contribution >= 0.6 is 0 Å². The molecule has 2 atom stereocenters. The van der Waals surface area contributed by atoms with E-state index in [2.05, 4.69) is 32.6 Å². The van der Waals surface area contributed by atoms with E-state index < -0.39 is 0 Å². The van der Waals surface area contributed by atoms with Crippen molar-refractivity contribution in [1.29, 1.82) is 5.41 Å². The Morgan fingerprint density at radius 3 is 2.08 bits per heavy atom. The van der Waals surface area contributed by atoms with Crippen molar-refractivity contribution in [2.24, 2.45) is 17.8 Å². The molecule has 0 saturated carbocycles. The number of hydrogen-bond donors (Lipinski definition) is 1. The first-order valence-corrected chi connectivity index (χ1v) is 5.34. The number of piperidine rings is 1. The third kappa shape index (κ3) is 2.71. The van der Waals surface area contributed by atoms with Gasteiger partial charge in [-0.2, -0.15) is 0 Å². The highest BCUT2D eigenvalue weighted by molar-refractivity contribution is 5.81. The maximum absolute atomic E-state index is 7.94. The molecule has 0 amide bonds. The van der Waals surface area contributed by atoms with Crippen molar-refractivity contribution < 1.29 is 0 Å². The average molecular weight is 182 g/mol. The highest BCUT2D eigenvalue weighted by Gasteiger charge is 2.24. The first-order valence-electron chi connectivity index (χ1n) is 5.34. The van der Waals surface area contributed by atoms with Crippen LogP contribution in [0.2, 0.25) is 0 Å². The zero-order valence-corrected chi connectivity index (χ0v) is 9.30. The molecule has 1 N–H and O–H groups in total. The minimum Gasteiger partial charge on any atom is -0.360 e. The molecule has 1 heterocycles. The number of nitrogens with one attached hydrogen (secondary N) is 1. The molecule has 1 aliphatic heterocycles. The Kier molecular flexibility index (Phi) is 3.34. The van der Waals surface area contributed by atoms with Gasteiger partial charge in [0.15, 0.2) is 0 Å². The van der Waals surface area contributed by atoms with Crippen LogP contribution in [0.1, 0.15) is 34.1 Å². The third-order valence-corrected chi connectivity index (χ3v) is 2.76. The number of hydrogen-bond acceptors (Lipinski definition) is 1. The Hall–Kier alpha value is -0.530. The quantitative estimate of drug-likeness (QED) is 0.490. The van der Waals surface area contributed by atoms with Gasteiger partial charge in [0.2, 0.25) is 0 Å². The van der Waals surface area contributed by atoms with Crippen molar-refractivity contribution in [3.05, 3.63) is 0 Å². The van der Waals surface area contributed by atoms with Gasteiger partial charge in [-0.05, 0) is 18.3 Å². The Morgan fingerprint density at radius 1 is 1.23 bits per heavy atom. The fraction of sp³-hybridized carbons (Fsp3) is 0.909. The van der Waals surface area contributed by atoms with Crippen molar-refractivity contribution in [2.75, 3.05) is 13.1 Å². The molecular formula is C11H22N2. The monoisotopic (exact) mass is 182 g/mol. The van der Waals surface area contributed by atoms with Gasteiger partial charge in [-0.25, -0.2) is 0 Å². The fourth-order valence-corrected chi connectivity index (χ4v) is 2.22. The van der Waals surface area contributed by atoms with E-state index >= 15 is 0 Å². The van der Waals surface area contributed by atoms with E-state index in [1.165, 1.54) is 6.42 Å². The second-order valence-electron chi connectivity index (χ2n) is 4.89. The molecule has 0 radical (unpaired) electrons. The van der Waals surface area contributed by atoms with Crippen LogP contribution in [0.4, 0.5) is 0 Å². The molecule has 1 fully saturated rings. The van der Waals surface area contributed by atoms with Gasteiger partial charge in [0, 0.05) is 19.0 Å². The molecule has 0 aromatic rings. The first-order chi connectivity index (χ1) is 6.00. The van der Waals surface area contributed by atoms with Gasteiger partial charge in [0.25, 0.3) is 0 Å². The van der Waals surface area contributed by atoms with E-state index in [0.717, 1.165) is 30.8 Å². The molecule has 2 unspecified atom stereocenters. The maximum Gasteiger partial charge on any atom is 0.0984 e. The first kappa shape index (κ1) is 10.6. The Bertz CT molecular complexity index is 177. The highest BCUT2D eigenvalue weighted by Crippen LogP contribution is 2.22. The van der Waals surface area contributed by atoms with Gasteiger partial charge in [0.1, 0.15) is 0 Å². The summed E-state index contributed by atoms with van der Waals surface area (Å²) in [5.74, 6) is 2.70. The zero-order chi connectivity index (χ0) is 10.0. The maximum atomic E-state index is 7.94. The lowest BCUT2D eigenvalue weighted by molar-refractivity contribution is 0.206. The summed E-state index contributed by atoms with van der Waals surface area (Å²) < 4.78 is 0. The molecule has 1 rings (SSSR count). The van der Waals surface area contributed by atoms with E-state index in [0.29, 0.717) is 5.92 Å². The Balaban J connectivity index is 2.55. The lowest BCUT2D eigenvalue weighted by atomic mass is 9.91. The largest absolute Gasteiger partial charge is 0.360 e. The molecule has 2 nitrogen and oxygen atoms in total. The van der Waals surface area contributed by atoms with Gasteiger partial charge in [-0.3, -0.25) is 5.41 Å². The van der Waals surface area contributed by atoms with Crippen LogP contribution in [-0.4, -0.2) is 23.8 Å². The molecule has 13 heavy (non-hydrogen) atoms. The summed E-state index contributed by atoms with van der Waals surface area (Å²) >= 11 is 0. The molecular weight excluding hydrogens is 160 g/mol. The minimum absolute atomic E-state index is 0.373. The molecule has 2 heteroatoms. The van der Waals surface area contributed by atoms with Crippen LogP contribution in [0.25, 0.3) is 0 Å². The van der Waals surface area contributed by atoms with Gasteiger partial charge < -0.3 is 4.90 Å². The molecule has 0 aromatic heterocycles. The summed E-state index contributed by atoms with van der Waals surface area (Å²) in [5, 5.41) is 7.94. The van der Waals surface area contributed by atoms with Gasteiger partial charge in [-0.15, -0.1) is 0 Å². The topological polar surface area (TPSA) is 27.1 Å². The van der Waals surface area contributed by atoms with Gasteiger partial charge >= 0.3 is 0 Å². The molecule has 1 aliphatic rings. The van der Waals surface area contributed by atoms with Crippen molar-refractivity contribution in [2.45, 2.75) is 34.1 Å². The molecule has 0 aliphatic carbocycles. The van der Waals surface area contributed by atoms with Gasteiger partial charge in [0.05, 0.1) is 5.84 Å². The van der Waals surface area contributed by atoms with Crippen LogP contribution in [0.15, 0.2) is 0 Å². The third-order valence-electron chi connectivity index (χ3n) is 2.76. The highest BCUT2D eigenvalue weighted by atomic mass is 15.2. The fourth-order valence-electron chi connectivity index (χ4n) is 2.22. The Labute approximate surface area is 81.8 Å². The average Bonchev–Trinajstić information content (AvgIpc) is 2.01. The number of rotatable bonds is 1. The predicted octanol–water partition coefficient (Wildman–Crippen LogP) is 2.60. The lowest BCUT2D eigenvalue weighted by Crippen LogP contribution is -2.44. The van der Waals surface area contributed by atoms with Crippen molar-refractivity contribution in [1.82, 2.24) is 4.90 Å². The molecule has 0 aromatic carbocycles. The van der Waals surface area contributed by atoms with E-state index in [1.54, 1.807) is 0 Å². The summed E-state index contributed by atoms with van der Waals surface area (Å²) in [5.41, 5.74) is 0. The second-order valence-corrected chi connectivity index (χ2v) is 4.89. The SMILES string of the molecule is CC1CC(C)CN(C(=N)C(C)C)C1. The van der Waals surface area contributed by atoms with Crippen LogP contribution in [0.3, 0.4) is 0 Å².